The van der Waals surface area contributed by atoms with Crippen LogP contribution in [0.5, 0.6) is 0 Å². The number of sulfonamides is 1. The molecule has 0 saturated heterocycles. The van der Waals surface area contributed by atoms with E-state index in [2.05, 4.69) is 31.9 Å². The molecule has 0 N–H and O–H groups in total. The van der Waals surface area contributed by atoms with Crippen LogP contribution in [0.4, 0.5) is 0 Å². The first kappa shape index (κ1) is 15.6. The Hall–Kier alpha value is 0.570. The molecule has 0 aromatic carbocycles. The standard InChI is InChI=1S/C10H15Br2NO2S2/c1-7-6-9(16-10(7)12)17(14,15)13(3)5-4-8(2)11/h6,8H,4-5H2,1-3H3. The molecule has 0 bridgehead atoms. The lowest BCUT2D eigenvalue weighted by Crippen LogP contribution is -2.28. The van der Waals surface area contributed by atoms with Crippen LogP contribution in [0.1, 0.15) is 18.9 Å². The molecule has 98 valence electrons. The van der Waals surface area contributed by atoms with Gasteiger partial charge in [0.25, 0.3) is 10.0 Å². The lowest BCUT2D eigenvalue weighted by molar-refractivity contribution is 0.463. The molecule has 0 radical (unpaired) electrons. The van der Waals surface area contributed by atoms with Gasteiger partial charge in [0.15, 0.2) is 0 Å². The summed E-state index contributed by atoms with van der Waals surface area (Å²) in [6, 6.07) is 1.71. The van der Waals surface area contributed by atoms with Gasteiger partial charge in [0.1, 0.15) is 4.21 Å². The SMILES string of the molecule is Cc1cc(S(=O)(=O)N(C)CCC(C)Br)sc1Br. The second kappa shape index (κ2) is 6.14. The van der Waals surface area contributed by atoms with Crippen molar-refractivity contribution in [2.45, 2.75) is 29.3 Å². The fraction of sp³-hybridized carbons (Fsp3) is 0.600. The Kier molecular flexibility index (Phi) is 5.65. The van der Waals surface area contributed by atoms with Crippen molar-refractivity contribution in [1.29, 1.82) is 0 Å². The molecule has 1 atom stereocenters. The highest BCUT2D eigenvalue weighted by Crippen LogP contribution is 2.32. The van der Waals surface area contributed by atoms with Crippen LogP contribution in [0.15, 0.2) is 14.1 Å². The quantitative estimate of drug-likeness (QED) is 0.703. The van der Waals surface area contributed by atoms with Gasteiger partial charge in [-0.2, -0.15) is 0 Å². The van der Waals surface area contributed by atoms with Gasteiger partial charge in [-0.25, -0.2) is 12.7 Å². The van der Waals surface area contributed by atoms with E-state index < -0.39 is 10.0 Å². The summed E-state index contributed by atoms with van der Waals surface area (Å²) < 4.78 is 27.1. The highest BCUT2D eigenvalue weighted by molar-refractivity contribution is 9.11. The predicted octanol–water partition coefficient (Wildman–Crippen LogP) is 3.61. The monoisotopic (exact) mass is 403 g/mol. The molecule has 3 nitrogen and oxygen atoms in total. The van der Waals surface area contributed by atoms with Crippen molar-refractivity contribution in [3.63, 3.8) is 0 Å². The van der Waals surface area contributed by atoms with Crippen molar-refractivity contribution in [1.82, 2.24) is 4.31 Å². The summed E-state index contributed by atoms with van der Waals surface area (Å²) in [5.41, 5.74) is 0.954. The summed E-state index contributed by atoms with van der Waals surface area (Å²) in [5.74, 6) is 0. The molecule has 0 amide bonds. The van der Waals surface area contributed by atoms with Crippen molar-refractivity contribution >= 4 is 53.2 Å². The zero-order chi connectivity index (χ0) is 13.2. The van der Waals surface area contributed by atoms with Crippen LogP contribution in [0, 0.1) is 6.92 Å². The molecular formula is C10H15Br2NO2S2. The van der Waals surface area contributed by atoms with E-state index in [4.69, 9.17) is 0 Å². The fourth-order valence-electron chi connectivity index (χ4n) is 1.19. The van der Waals surface area contributed by atoms with Crippen LogP contribution >= 0.6 is 43.2 Å². The van der Waals surface area contributed by atoms with E-state index in [1.165, 1.54) is 15.6 Å². The third-order valence-corrected chi connectivity index (χ3v) is 7.24. The molecule has 1 heterocycles. The average Bonchev–Trinajstić information content (AvgIpc) is 2.56. The summed E-state index contributed by atoms with van der Waals surface area (Å²) in [5, 5.41) is 0. The first-order chi connectivity index (χ1) is 7.75. The molecule has 0 aliphatic carbocycles. The fourth-order valence-corrected chi connectivity index (χ4v) is 5.02. The van der Waals surface area contributed by atoms with Crippen LogP contribution in [-0.2, 0) is 10.0 Å². The highest BCUT2D eigenvalue weighted by Gasteiger charge is 2.23. The highest BCUT2D eigenvalue weighted by atomic mass is 79.9. The maximum Gasteiger partial charge on any atom is 0.252 e. The predicted molar refractivity (Wildman–Crippen MR) is 79.6 cm³/mol. The Bertz CT molecular complexity index is 463. The van der Waals surface area contributed by atoms with Gasteiger partial charge >= 0.3 is 0 Å². The number of nitrogens with zero attached hydrogens (tertiary/aromatic N) is 1. The maximum absolute atomic E-state index is 12.2. The largest absolute Gasteiger partial charge is 0.252 e. The van der Waals surface area contributed by atoms with Crippen molar-refractivity contribution in [2.24, 2.45) is 0 Å². The molecule has 7 heteroatoms. The summed E-state index contributed by atoms with van der Waals surface area (Å²) in [4.78, 5) is 0.317. The zero-order valence-electron chi connectivity index (χ0n) is 9.91. The first-order valence-electron chi connectivity index (χ1n) is 5.11. The molecule has 17 heavy (non-hydrogen) atoms. The number of thiophene rings is 1. The minimum absolute atomic E-state index is 0.317. The lowest BCUT2D eigenvalue weighted by atomic mass is 10.3. The number of halogens is 2. The number of rotatable bonds is 5. The van der Waals surface area contributed by atoms with Gasteiger partial charge in [-0.3, -0.25) is 0 Å². The van der Waals surface area contributed by atoms with Gasteiger partial charge in [-0.05, 0) is 40.9 Å². The summed E-state index contributed by atoms with van der Waals surface area (Å²) in [6.45, 7) is 4.41. The summed E-state index contributed by atoms with van der Waals surface area (Å²) >= 11 is 8.02. The van der Waals surface area contributed by atoms with Crippen molar-refractivity contribution in [3.05, 3.63) is 15.4 Å². The third kappa shape index (κ3) is 4.02. The van der Waals surface area contributed by atoms with Gasteiger partial charge in [-0.15, -0.1) is 11.3 Å². The second-order valence-electron chi connectivity index (χ2n) is 3.92. The van der Waals surface area contributed by atoms with E-state index in [9.17, 15) is 8.42 Å². The van der Waals surface area contributed by atoms with Crippen molar-refractivity contribution in [2.75, 3.05) is 13.6 Å². The minimum Gasteiger partial charge on any atom is -0.206 e. The Morgan fingerprint density at radius 1 is 1.53 bits per heavy atom. The molecule has 1 aromatic rings. The van der Waals surface area contributed by atoms with E-state index in [0.29, 0.717) is 15.6 Å². The molecule has 1 aromatic heterocycles. The molecule has 1 unspecified atom stereocenters. The Morgan fingerprint density at radius 2 is 2.12 bits per heavy atom. The molecule has 0 fully saturated rings. The van der Waals surface area contributed by atoms with E-state index in [-0.39, 0.29) is 0 Å². The second-order valence-corrected chi connectivity index (χ2v) is 10.1. The molecule has 0 saturated carbocycles. The van der Waals surface area contributed by atoms with Crippen molar-refractivity contribution in [3.8, 4) is 0 Å². The van der Waals surface area contributed by atoms with E-state index in [0.717, 1.165) is 15.8 Å². The Labute approximate surface area is 124 Å². The number of hydrogen-bond acceptors (Lipinski definition) is 3. The lowest BCUT2D eigenvalue weighted by Gasteiger charge is -2.16. The minimum atomic E-state index is -3.34. The number of aryl methyl sites for hydroxylation is 1. The van der Waals surface area contributed by atoms with Crippen LogP contribution in [0.2, 0.25) is 0 Å². The Morgan fingerprint density at radius 3 is 2.53 bits per heavy atom. The van der Waals surface area contributed by atoms with Crippen LogP contribution in [0.25, 0.3) is 0 Å². The molecule has 0 spiro atoms. The van der Waals surface area contributed by atoms with Crippen LogP contribution < -0.4 is 0 Å². The van der Waals surface area contributed by atoms with Gasteiger partial charge < -0.3 is 0 Å². The van der Waals surface area contributed by atoms with Gasteiger partial charge in [0.2, 0.25) is 0 Å². The molecule has 0 aliphatic heterocycles. The first-order valence-corrected chi connectivity index (χ1v) is 9.08. The van der Waals surface area contributed by atoms with E-state index in [1.807, 2.05) is 13.8 Å². The zero-order valence-corrected chi connectivity index (χ0v) is 14.7. The van der Waals surface area contributed by atoms with E-state index >= 15 is 0 Å². The molecule has 0 aliphatic rings. The molecule has 1 rings (SSSR count). The smallest absolute Gasteiger partial charge is 0.206 e. The van der Waals surface area contributed by atoms with Crippen molar-refractivity contribution < 1.29 is 8.42 Å². The van der Waals surface area contributed by atoms with Crippen LogP contribution in [-0.4, -0.2) is 31.1 Å². The number of hydrogen-bond donors (Lipinski definition) is 0. The topological polar surface area (TPSA) is 37.4 Å². The summed E-state index contributed by atoms with van der Waals surface area (Å²) in [6.07, 6.45) is 0.793. The summed E-state index contributed by atoms with van der Waals surface area (Å²) in [7, 11) is -1.72. The maximum atomic E-state index is 12.2. The third-order valence-electron chi connectivity index (χ3n) is 2.34. The Balaban J connectivity index is 2.87. The van der Waals surface area contributed by atoms with E-state index in [1.54, 1.807) is 13.1 Å². The van der Waals surface area contributed by atoms with Gasteiger partial charge in [0.05, 0.1) is 3.79 Å². The van der Waals surface area contributed by atoms with Gasteiger partial charge in [-0.1, -0.05) is 22.9 Å². The van der Waals surface area contributed by atoms with Gasteiger partial charge in [0, 0.05) is 18.4 Å². The molecular weight excluding hydrogens is 390 g/mol. The normalized spacial score (nSPS) is 14.2. The van der Waals surface area contributed by atoms with Crippen LogP contribution in [0.3, 0.4) is 0 Å². The number of alkyl halides is 1. The average molecular weight is 405 g/mol.